The van der Waals surface area contributed by atoms with Crippen LogP contribution >= 0.6 is 11.6 Å². The standard InChI is InChI=1S/C17H29ClN2/c1-13(14-6-8-15(18)9-7-14)20(5)11-10-16(19)12-17(2,3)4/h6-9,13,16H,10-12,19H2,1-5H3. The first kappa shape index (κ1) is 17.5. The van der Waals surface area contributed by atoms with Crippen LogP contribution in [0, 0.1) is 5.41 Å². The number of halogens is 1. The van der Waals surface area contributed by atoms with Crippen LogP contribution in [0.1, 0.15) is 52.1 Å². The topological polar surface area (TPSA) is 29.3 Å². The van der Waals surface area contributed by atoms with Gasteiger partial charge < -0.3 is 5.73 Å². The first-order valence-electron chi connectivity index (χ1n) is 7.40. The van der Waals surface area contributed by atoms with Crippen molar-refractivity contribution in [3.8, 4) is 0 Å². The minimum atomic E-state index is 0.273. The molecule has 0 saturated carbocycles. The highest BCUT2D eigenvalue weighted by atomic mass is 35.5. The Bertz CT molecular complexity index is 394. The highest BCUT2D eigenvalue weighted by Crippen LogP contribution is 2.23. The molecule has 0 aromatic heterocycles. The van der Waals surface area contributed by atoms with E-state index in [1.54, 1.807) is 0 Å². The van der Waals surface area contributed by atoms with Gasteiger partial charge in [-0.2, -0.15) is 0 Å². The molecular weight excluding hydrogens is 268 g/mol. The molecule has 0 spiro atoms. The van der Waals surface area contributed by atoms with Crippen LogP contribution in [0.3, 0.4) is 0 Å². The monoisotopic (exact) mass is 296 g/mol. The van der Waals surface area contributed by atoms with Crippen LogP contribution in [0.2, 0.25) is 5.02 Å². The van der Waals surface area contributed by atoms with Crippen LogP contribution in [0.15, 0.2) is 24.3 Å². The summed E-state index contributed by atoms with van der Waals surface area (Å²) in [5.41, 5.74) is 7.82. The number of benzene rings is 1. The minimum absolute atomic E-state index is 0.273. The Labute approximate surface area is 129 Å². The molecule has 2 unspecified atom stereocenters. The Morgan fingerprint density at radius 1 is 1.20 bits per heavy atom. The molecule has 0 heterocycles. The number of nitrogens with two attached hydrogens (primary N) is 1. The summed E-state index contributed by atoms with van der Waals surface area (Å²) in [5.74, 6) is 0. The van der Waals surface area contributed by atoms with Crippen LogP contribution in [0.25, 0.3) is 0 Å². The average molecular weight is 297 g/mol. The van der Waals surface area contributed by atoms with Gasteiger partial charge in [0.25, 0.3) is 0 Å². The van der Waals surface area contributed by atoms with Gasteiger partial charge in [-0.05, 0) is 56.5 Å². The fourth-order valence-electron chi connectivity index (χ4n) is 2.45. The summed E-state index contributed by atoms with van der Waals surface area (Å²) >= 11 is 5.93. The fraction of sp³-hybridized carbons (Fsp3) is 0.647. The van der Waals surface area contributed by atoms with Crippen molar-refractivity contribution in [1.29, 1.82) is 0 Å². The molecule has 2 atom stereocenters. The van der Waals surface area contributed by atoms with Gasteiger partial charge in [0.05, 0.1) is 0 Å². The van der Waals surface area contributed by atoms with Crippen molar-refractivity contribution in [3.63, 3.8) is 0 Å². The molecule has 0 bridgehead atoms. The summed E-state index contributed by atoms with van der Waals surface area (Å²) in [5, 5.41) is 0.788. The third-order valence-electron chi connectivity index (χ3n) is 3.74. The number of rotatable bonds is 6. The molecule has 0 aliphatic rings. The van der Waals surface area contributed by atoms with Gasteiger partial charge in [-0.25, -0.2) is 0 Å². The van der Waals surface area contributed by atoms with E-state index in [-0.39, 0.29) is 6.04 Å². The first-order valence-corrected chi connectivity index (χ1v) is 7.78. The molecule has 1 aromatic carbocycles. The predicted octanol–water partition coefficient (Wildman–Crippen LogP) is 4.49. The van der Waals surface area contributed by atoms with Gasteiger partial charge in [-0.1, -0.05) is 44.5 Å². The maximum Gasteiger partial charge on any atom is 0.0406 e. The molecule has 2 nitrogen and oxygen atoms in total. The zero-order valence-electron chi connectivity index (χ0n) is 13.5. The molecule has 20 heavy (non-hydrogen) atoms. The fourth-order valence-corrected chi connectivity index (χ4v) is 2.57. The van der Waals surface area contributed by atoms with E-state index in [9.17, 15) is 0 Å². The van der Waals surface area contributed by atoms with Crippen molar-refractivity contribution in [1.82, 2.24) is 4.90 Å². The Balaban J connectivity index is 2.46. The van der Waals surface area contributed by atoms with Crippen molar-refractivity contribution < 1.29 is 0 Å². The Hall–Kier alpha value is -0.570. The van der Waals surface area contributed by atoms with E-state index in [4.69, 9.17) is 17.3 Å². The van der Waals surface area contributed by atoms with Gasteiger partial charge in [-0.15, -0.1) is 0 Å². The summed E-state index contributed by atoms with van der Waals surface area (Å²) in [7, 11) is 2.16. The second-order valence-corrected chi connectivity index (χ2v) is 7.46. The lowest BCUT2D eigenvalue weighted by molar-refractivity contribution is 0.237. The van der Waals surface area contributed by atoms with Gasteiger partial charge in [0.2, 0.25) is 0 Å². The van der Waals surface area contributed by atoms with Gasteiger partial charge in [0, 0.05) is 17.1 Å². The Kier molecular flexibility index (Phi) is 6.50. The zero-order valence-corrected chi connectivity index (χ0v) is 14.2. The smallest absolute Gasteiger partial charge is 0.0406 e. The quantitative estimate of drug-likeness (QED) is 0.838. The van der Waals surface area contributed by atoms with E-state index < -0.39 is 0 Å². The molecule has 0 amide bonds. The van der Waals surface area contributed by atoms with Crippen LogP contribution in [0.5, 0.6) is 0 Å². The van der Waals surface area contributed by atoms with Gasteiger partial charge >= 0.3 is 0 Å². The molecule has 2 N–H and O–H groups in total. The molecule has 1 rings (SSSR count). The van der Waals surface area contributed by atoms with Crippen molar-refractivity contribution in [2.45, 2.75) is 52.6 Å². The lowest BCUT2D eigenvalue weighted by atomic mass is 9.87. The Morgan fingerprint density at radius 2 is 1.75 bits per heavy atom. The van der Waals surface area contributed by atoms with Crippen molar-refractivity contribution in [2.24, 2.45) is 11.1 Å². The van der Waals surface area contributed by atoms with E-state index in [0.717, 1.165) is 24.4 Å². The molecule has 1 aromatic rings. The molecule has 114 valence electrons. The molecule has 0 radical (unpaired) electrons. The average Bonchev–Trinajstić information content (AvgIpc) is 2.34. The van der Waals surface area contributed by atoms with Gasteiger partial charge in [0.1, 0.15) is 0 Å². The van der Waals surface area contributed by atoms with Gasteiger partial charge in [0.15, 0.2) is 0 Å². The second-order valence-electron chi connectivity index (χ2n) is 7.02. The van der Waals surface area contributed by atoms with Crippen LogP contribution < -0.4 is 5.73 Å². The molecule has 0 aliphatic heterocycles. The van der Waals surface area contributed by atoms with Crippen molar-refractivity contribution in [2.75, 3.05) is 13.6 Å². The minimum Gasteiger partial charge on any atom is -0.328 e. The van der Waals surface area contributed by atoms with E-state index in [1.165, 1.54) is 5.56 Å². The lowest BCUT2D eigenvalue weighted by Crippen LogP contribution is -2.32. The summed E-state index contributed by atoms with van der Waals surface area (Å²) in [4.78, 5) is 2.35. The second kappa shape index (κ2) is 7.44. The van der Waals surface area contributed by atoms with E-state index in [2.05, 4.69) is 51.8 Å². The SMILES string of the molecule is CC(c1ccc(Cl)cc1)N(C)CCC(N)CC(C)(C)C. The van der Waals surface area contributed by atoms with Crippen LogP contribution in [-0.4, -0.2) is 24.5 Å². The summed E-state index contributed by atoms with van der Waals surface area (Å²) < 4.78 is 0. The highest BCUT2D eigenvalue weighted by molar-refractivity contribution is 6.30. The molecule has 0 saturated heterocycles. The summed E-state index contributed by atoms with van der Waals surface area (Å²) in [6.45, 7) is 9.96. The predicted molar refractivity (Wildman–Crippen MR) is 89.2 cm³/mol. The maximum atomic E-state index is 6.22. The Morgan fingerprint density at radius 3 is 2.25 bits per heavy atom. The van der Waals surface area contributed by atoms with Crippen LogP contribution in [-0.2, 0) is 0 Å². The van der Waals surface area contributed by atoms with E-state index >= 15 is 0 Å². The number of hydrogen-bond acceptors (Lipinski definition) is 2. The van der Waals surface area contributed by atoms with E-state index in [0.29, 0.717) is 11.5 Å². The number of nitrogens with zero attached hydrogens (tertiary/aromatic N) is 1. The summed E-state index contributed by atoms with van der Waals surface area (Å²) in [6.07, 6.45) is 2.10. The zero-order chi connectivity index (χ0) is 15.3. The number of hydrogen-bond donors (Lipinski definition) is 1. The largest absolute Gasteiger partial charge is 0.328 e. The molecule has 0 fully saturated rings. The third kappa shape index (κ3) is 6.25. The molecule has 3 heteroatoms. The maximum absolute atomic E-state index is 6.22. The highest BCUT2D eigenvalue weighted by Gasteiger charge is 2.17. The van der Waals surface area contributed by atoms with Crippen molar-refractivity contribution >= 4 is 11.6 Å². The third-order valence-corrected chi connectivity index (χ3v) is 3.99. The molecule has 0 aliphatic carbocycles. The van der Waals surface area contributed by atoms with Crippen molar-refractivity contribution in [3.05, 3.63) is 34.9 Å². The first-order chi connectivity index (χ1) is 9.19. The lowest BCUT2D eigenvalue weighted by Gasteiger charge is -2.28. The summed E-state index contributed by atoms with van der Waals surface area (Å²) in [6, 6.07) is 8.75. The van der Waals surface area contributed by atoms with E-state index in [1.807, 2.05) is 12.1 Å². The molecular formula is C17H29ClN2. The van der Waals surface area contributed by atoms with Gasteiger partial charge in [-0.3, -0.25) is 4.90 Å². The van der Waals surface area contributed by atoms with Crippen LogP contribution in [0.4, 0.5) is 0 Å². The normalized spacial score (nSPS) is 15.4.